The summed E-state index contributed by atoms with van der Waals surface area (Å²) in [4.78, 5) is 4.62. The number of hydrogen-bond donors (Lipinski definition) is 0. The molecular formula is C68H48N2O2. The lowest BCUT2D eigenvalue weighted by atomic mass is 10.0. The molecule has 4 heteroatoms. The van der Waals surface area contributed by atoms with Crippen LogP contribution in [0.3, 0.4) is 0 Å². The van der Waals surface area contributed by atoms with E-state index in [1.807, 2.05) is 60.7 Å². The molecule has 2 aromatic heterocycles. The first-order valence-corrected chi connectivity index (χ1v) is 24.3. The maximum absolute atomic E-state index is 6.34. The van der Waals surface area contributed by atoms with Gasteiger partial charge in [-0.25, -0.2) is 0 Å². The molecule has 0 aliphatic rings. The molecule has 0 N–H and O–H groups in total. The van der Waals surface area contributed by atoms with Crippen LogP contribution in [-0.4, -0.2) is 0 Å². The van der Waals surface area contributed by atoms with Crippen molar-refractivity contribution in [2.24, 2.45) is 0 Å². The van der Waals surface area contributed by atoms with Crippen LogP contribution < -0.4 is 9.80 Å². The first-order chi connectivity index (χ1) is 35.7. The van der Waals surface area contributed by atoms with E-state index in [1.54, 1.807) is 0 Å². The standard InChI is InChI=1S/C68H48N2O2/c1-5-13-49(14-6-1)51-21-33-59(34-22-51)69(60-35-23-52(24-36-60)50-15-7-2-8-16-50)61-37-25-53(26-38-61)54-27-39-62(40-28-54)70(63-41-29-57(30-42-63)67-47-45-65(71-67)55-17-9-3-10-18-55)64-43-31-58(32-44-64)68-48-46-66(72-68)56-19-11-4-12-20-56/h1-48H. The van der Waals surface area contributed by atoms with Gasteiger partial charge in [0.15, 0.2) is 0 Å². The minimum Gasteiger partial charge on any atom is -0.456 e. The molecule has 0 unspecified atom stereocenters. The molecule has 342 valence electrons. The Balaban J connectivity index is 0.848. The van der Waals surface area contributed by atoms with Crippen LogP contribution in [0.15, 0.2) is 300 Å². The van der Waals surface area contributed by atoms with Crippen LogP contribution in [0, 0.1) is 0 Å². The number of furan rings is 2. The zero-order chi connectivity index (χ0) is 48.1. The molecule has 0 atom stereocenters. The molecule has 0 amide bonds. The van der Waals surface area contributed by atoms with Gasteiger partial charge in [0.05, 0.1) is 0 Å². The molecule has 0 saturated carbocycles. The smallest absolute Gasteiger partial charge is 0.134 e. The average molecular weight is 925 g/mol. The predicted octanol–water partition coefficient (Wildman–Crippen LogP) is 19.5. The summed E-state index contributed by atoms with van der Waals surface area (Å²) in [5, 5.41) is 0. The average Bonchev–Trinajstić information content (AvgIpc) is 4.18. The fourth-order valence-corrected chi connectivity index (χ4v) is 9.42. The molecule has 12 rings (SSSR count). The lowest BCUT2D eigenvalue weighted by Crippen LogP contribution is -2.10. The van der Waals surface area contributed by atoms with E-state index in [-0.39, 0.29) is 0 Å². The van der Waals surface area contributed by atoms with Gasteiger partial charge >= 0.3 is 0 Å². The van der Waals surface area contributed by atoms with E-state index in [9.17, 15) is 0 Å². The van der Waals surface area contributed by atoms with E-state index in [2.05, 4.69) is 240 Å². The number of rotatable bonds is 13. The Labute approximate surface area is 420 Å². The zero-order valence-electron chi connectivity index (χ0n) is 39.4. The van der Waals surface area contributed by atoms with Gasteiger partial charge in [-0.2, -0.15) is 0 Å². The second kappa shape index (κ2) is 19.8. The van der Waals surface area contributed by atoms with Crippen LogP contribution in [0.5, 0.6) is 0 Å². The van der Waals surface area contributed by atoms with Crippen LogP contribution >= 0.6 is 0 Å². The summed E-state index contributed by atoms with van der Waals surface area (Å²) >= 11 is 0. The van der Waals surface area contributed by atoms with Gasteiger partial charge in [-0.1, -0.05) is 170 Å². The molecule has 0 radical (unpaired) electrons. The Morgan fingerprint density at radius 1 is 0.153 bits per heavy atom. The van der Waals surface area contributed by atoms with E-state index < -0.39 is 0 Å². The summed E-state index contributed by atoms with van der Waals surface area (Å²) in [7, 11) is 0. The van der Waals surface area contributed by atoms with Crippen molar-refractivity contribution in [2.45, 2.75) is 0 Å². The Kier molecular flexibility index (Phi) is 12.0. The second-order valence-corrected chi connectivity index (χ2v) is 17.7. The Morgan fingerprint density at radius 2 is 0.319 bits per heavy atom. The fraction of sp³-hybridized carbons (Fsp3) is 0. The minimum absolute atomic E-state index is 0.824. The van der Waals surface area contributed by atoms with E-state index in [4.69, 9.17) is 8.83 Å². The summed E-state index contributed by atoms with van der Waals surface area (Å²) < 4.78 is 12.7. The van der Waals surface area contributed by atoms with Crippen molar-refractivity contribution in [1.82, 2.24) is 0 Å². The number of anilines is 6. The van der Waals surface area contributed by atoms with Gasteiger partial charge in [0.1, 0.15) is 23.0 Å². The van der Waals surface area contributed by atoms with E-state index in [0.29, 0.717) is 0 Å². The molecule has 2 heterocycles. The molecule has 0 fully saturated rings. The summed E-state index contributed by atoms with van der Waals surface area (Å²) in [6.07, 6.45) is 0. The van der Waals surface area contributed by atoms with Crippen molar-refractivity contribution in [3.63, 3.8) is 0 Å². The summed E-state index contributed by atoms with van der Waals surface area (Å²) in [6, 6.07) is 102. The quantitative estimate of drug-likeness (QED) is 0.115. The first kappa shape index (κ1) is 43.6. The normalized spacial score (nSPS) is 11.1. The van der Waals surface area contributed by atoms with Crippen molar-refractivity contribution >= 4 is 34.1 Å². The third-order valence-corrected chi connectivity index (χ3v) is 13.2. The van der Waals surface area contributed by atoms with Gasteiger partial charge in [-0.15, -0.1) is 0 Å². The number of hydrogen-bond acceptors (Lipinski definition) is 4. The highest BCUT2D eigenvalue weighted by Crippen LogP contribution is 2.41. The lowest BCUT2D eigenvalue weighted by Gasteiger charge is -2.26. The zero-order valence-corrected chi connectivity index (χ0v) is 39.4. The van der Waals surface area contributed by atoms with E-state index >= 15 is 0 Å². The molecule has 0 bridgehead atoms. The van der Waals surface area contributed by atoms with Crippen LogP contribution in [0.25, 0.3) is 78.7 Å². The predicted molar refractivity (Wildman–Crippen MR) is 298 cm³/mol. The molecule has 10 aromatic carbocycles. The maximum Gasteiger partial charge on any atom is 0.134 e. The van der Waals surface area contributed by atoms with Crippen molar-refractivity contribution < 1.29 is 8.83 Å². The molecule has 0 saturated heterocycles. The molecule has 72 heavy (non-hydrogen) atoms. The second-order valence-electron chi connectivity index (χ2n) is 17.7. The number of benzene rings is 10. The van der Waals surface area contributed by atoms with Gasteiger partial charge in [0.2, 0.25) is 0 Å². The first-order valence-electron chi connectivity index (χ1n) is 24.3. The third kappa shape index (κ3) is 9.16. The molecule has 0 aliphatic heterocycles. The van der Waals surface area contributed by atoms with Crippen LogP contribution in [0.4, 0.5) is 34.1 Å². The summed E-state index contributed by atoms with van der Waals surface area (Å²) in [6.45, 7) is 0. The topological polar surface area (TPSA) is 32.8 Å². The maximum atomic E-state index is 6.34. The van der Waals surface area contributed by atoms with Crippen LogP contribution in [0.1, 0.15) is 0 Å². The lowest BCUT2D eigenvalue weighted by molar-refractivity contribution is 0.597. The third-order valence-electron chi connectivity index (χ3n) is 13.2. The highest BCUT2D eigenvalue weighted by Gasteiger charge is 2.18. The summed E-state index contributed by atoms with van der Waals surface area (Å²) in [5.41, 5.74) is 17.5. The highest BCUT2D eigenvalue weighted by atomic mass is 16.3. The fourth-order valence-electron chi connectivity index (χ4n) is 9.42. The largest absolute Gasteiger partial charge is 0.456 e. The molecule has 4 nitrogen and oxygen atoms in total. The van der Waals surface area contributed by atoms with Gasteiger partial charge in [0.25, 0.3) is 0 Å². The van der Waals surface area contributed by atoms with Gasteiger partial charge in [0, 0.05) is 56.4 Å². The Hall–Kier alpha value is -9.64. The Morgan fingerprint density at radius 3 is 0.542 bits per heavy atom. The molecule has 0 spiro atoms. The van der Waals surface area contributed by atoms with E-state index in [1.165, 1.54) is 22.3 Å². The molecule has 0 aliphatic carbocycles. The van der Waals surface area contributed by atoms with Gasteiger partial charge in [-0.05, 0) is 155 Å². The SMILES string of the molecule is c1ccc(-c2ccc(N(c3ccc(-c4ccccc4)cc3)c3ccc(-c4ccc(N(c5ccc(-c6ccc(-c7ccccc7)o6)cc5)c5ccc(-c6ccc(-c7ccccc7)o6)cc5)cc4)cc3)cc2)cc1. The van der Waals surface area contributed by atoms with E-state index in [0.717, 1.165) is 90.5 Å². The van der Waals surface area contributed by atoms with Crippen molar-refractivity contribution in [3.05, 3.63) is 291 Å². The van der Waals surface area contributed by atoms with Crippen molar-refractivity contribution in [3.8, 4) is 78.7 Å². The van der Waals surface area contributed by atoms with Crippen LogP contribution in [-0.2, 0) is 0 Å². The van der Waals surface area contributed by atoms with Crippen molar-refractivity contribution in [2.75, 3.05) is 9.80 Å². The van der Waals surface area contributed by atoms with Crippen LogP contribution in [0.2, 0.25) is 0 Å². The minimum atomic E-state index is 0.824. The molecular weight excluding hydrogens is 877 g/mol. The number of nitrogens with zero attached hydrogens (tertiary/aromatic N) is 2. The summed E-state index contributed by atoms with van der Waals surface area (Å²) in [5.74, 6) is 3.34. The van der Waals surface area contributed by atoms with Gasteiger partial charge in [-0.3, -0.25) is 0 Å². The monoisotopic (exact) mass is 924 g/mol. The molecule has 12 aromatic rings. The highest BCUT2D eigenvalue weighted by molar-refractivity contribution is 5.83. The van der Waals surface area contributed by atoms with Crippen molar-refractivity contribution in [1.29, 1.82) is 0 Å². The van der Waals surface area contributed by atoms with Gasteiger partial charge < -0.3 is 18.6 Å². The Bertz CT molecular complexity index is 3460.